The van der Waals surface area contributed by atoms with Crippen LogP contribution in [-0.4, -0.2) is 4.73 Å². The van der Waals surface area contributed by atoms with Crippen LogP contribution in [0.3, 0.4) is 0 Å². The molecule has 107 valence electrons. The normalized spacial score (nSPS) is 12.0. The zero-order valence-electron chi connectivity index (χ0n) is 12.3. The summed E-state index contributed by atoms with van der Waals surface area (Å²) in [6.07, 6.45) is 0. The zero-order valence-corrected chi connectivity index (χ0v) is 12.3. The van der Waals surface area contributed by atoms with Crippen LogP contribution in [0.4, 0.5) is 0 Å². The van der Waals surface area contributed by atoms with Crippen LogP contribution in [0.5, 0.6) is 0 Å². The van der Waals surface area contributed by atoms with E-state index >= 15 is 0 Å². The molecule has 0 bridgehead atoms. The maximum atomic E-state index is 12.3. The first-order chi connectivity index (χ1) is 9.89. The van der Waals surface area contributed by atoms with Gasteiger partial charge in [0, 0.05) is 4.73 Å². The summed E-state index contributed by atoms with van der Waals surface area (Å²) in [5.74, 6) is 0.122. The number of benzene rings is 2. The Kier molecular flexibility index (Phi) is 2.90. The third kappa shape index (κ3) is 2.13. The Bertz CT molecular complexity index is 757. The average molecular weight is 281 g/mol. The van der Waals surface area contributed by atoms with Gasteiger partial charge in [-0.3, -0.25) is 0 Å². The lowest BCUT2D eigenvalue weighted by Gasteiger charge is -2.18. The van der Waals surface area contributed by atoms with E-state index in [1.165, 1.54) is 0 Å². The predicted octanol–water partition coefficient (Wildman–Crippen LogP) is 3.43. The maximum absolute atomic E-state index is 12.3. The van der Waals surface area contributed by atoms with E-state index in [4.69, 9.17) is 0 Å². The quantitative estimate of drug-likeness (QED) is 0.498. The first-order valence-corrected chi connectivity index (χ1v) is 6.91. The zero-order chi connectivity index (χ0) is 15.2. The molecule has 0 saturated carbocycles. The van der Waals surface area contributed by atoms with Gasteiger partial charge in [-0.2, -0.15) is 0 Å². The summed E-state index contributed by atoms with van der Waals surface area (Å²) in [4.78, 5) is 0. The number of aromatic nitrogens is 2. The summed E-state index contributed by atoms with van der Waals surface area (Å²) in [5.41, 5.74) is 2.61. The molecule has 4 nitrogen and oxygen atoms in total. The Morgan fingerprint density at radius 3 is 2.19 bits per heavy atom. The molecular formula is C17H17N2O2. The minimum absolute atomic E-state index is 0.0378. The summed E-state index contributed by atoms with van der Waals surface area (Å²) >= 11 is 0. The minimum Gasteiger partial charge on any atom is -0.710 e. The van der Waals surface area contributed by atoms with E-state index in [1.54, 1.807) is 24.3 Å². The molecule has 4 heteroatoms. The molecule has 0 N–H and O–H groups in total. The molecule has 0 atom stereocenters. The fourth-order valence-corrected chi connectivity index (χ4v) is 2.47. The van der Waals surface area contributed by atoms with Gasteiger partial charge in [0.05, 0.1) is 5.56 Å². The number of hydrogen-bond acceptors (Lipinski definition) is 1. The van der Waals surface area contributed by atoms with Crippen LogP contribution in [0.1, 0.15) is 26.3 Å². The molecule has 0 unspecified atom stereocenters. The molecule has 0 saturated heterocycles. The molecule has 0 aliphatic rings. The van der Waals surface area contributed by atoms with Gasteiger partial charge in [-0.1, -0.05) is 50.2 Å². The minimum atomic E-state index is 0.0378. The van der Waals surface area contributed by atoms with Gasteiger partial charge in [0.2, 0.25) is 5.52 Å². The summed E-state index contributed by atoms with van der Waals surface area (Å²) in [6, 6.07) is 14.4. The highest BCUT2D eigenvalue weighted by Crippen LogP contribution is 2.26. The summed E-state index contributed by atoms with van der Waals surface area (Å²) in [6.45, 7) is 6.38. The summed E-state index contributed by atoms with van der Waals surface area (Å²) in [5, 5.41) is 24.7. The van der Waals surface area contributed by atoms with Crippen molar-refractivity contribution in [3.63, 3.8) is 0 Å². The number of rotatable bonds is 1. The monoisotopic (exact) mass is 281 g/mol. The van der Waals surface area contributed by atoms with Gasteiger partial charge < -0.3 is 5.21 Å². The van der Waals surface area contributed by atoms with Crippen molar-refractivity contribution in [1.82, 2.24) is 4.73 Å². The number of imidazole rings is 1. The Morgan fingerprint density at radius 2 is 1.62 bits per heavy atom. The van der Waals surface area contributed by atoms with Crippen molar-refractivity contribution in [3.05, 3.63) is 59.3 Å². The van der Waals surface area contributed by atoms with E-state index in [0.29, 0.717) is 26.1 Å². The van der Waals surface area contributed by atoms with Gasteiger partial charge in [-0.25, -0.2) is 4.73 Å². The highest BCUT2D eigenvalue weighted by Gasteiger charge is 2.24. The fourth-order valence-electron chi connectivity index (χ4n) is 2.47. The molecule has 0 amide bonds. The van der Waals surface area contributed by atoms with Crippen LogP contribution >= 0.6 is 0 Å². The van der Waals surface area contributed by atoms with Crippen LogP contribution in [0.15, 0.2) is 48.5 Å². The molecule has 0 aliphatic heterocycles. The van der Waals surface area contributed by atoms with E-state index in [0.717, 1.165) is 5.56 Å². The molecule has 0 fully saturated rings. The molecule has 2 aromatic carbocycles. The lowest BCUT2D eigenvalue weighted by Crippen LogP contribution is -2.28. The van der Waals surface area contributed by atoms with Gasteiger partial charge in [0.25, 0.3) is 0 Å². The van der Waals surface area contributed by atoms with Crippen molar-refractivity contribution in [1.29, 1.82) is 0 Å². The SMILES string of the molecule is CC(C)(C)c1ccc(-c2n([O])c3ccccc3[n+]2[O-])cc1. The summed E-state index contributed by atoms with van der Waals surface area (Å²) in [7, 11) is 0. The lowest BCUT2D eigenvalue weighted by atomic mass is 9.87. The molecule has 21 heavy (non-hydrogen) atoms. The topological polar surface area (TPSA) is 51.8 Å². The third-order valence-corrected chi connectivity index (χ3v) is 3.71. The molecule has 1 radical (unpaired) electrons. The van der Waals surface area contributed by atoms with Gasteiger partial charge in [0.1, 0.15) is 0 Å². The number of hydrogen-bond donors (Lipinski definition) is 0. The second kappa shape index (κ2) is 4.52. The van der Waals surface area contributed by atoms with Gasteiger partial charge in [-0.15, -0.1) is 0 Å². The van der Waals surface area contributed by atoms with Crippen molar-refractivity contribution < 1.29 is 9.94 Å². The van der Waals surface area contributed by atoms with Crippen molar-refractivity contribution in [2.24, 2.45) is 0 Å². The molecule has 0 aliphatic carbocycles. The van der Waals surface area contributed by atoms with Crippen LogP contribution < -0.4 is 4.73 Å². The Hall–Kier alpha value is -2.49. The van der Waals surface area contributed by atoms with Crippen molar-refractivity contribution >= 4 is 11.0 Å². The largest absolute Gasteiger partial charge is 0.710 e. The second-order valence-corrected chi connectivity index (χ2v) is 6.23. The van der Waals surface area contributed by atoms with Crippen LogP contribution in [0.2, 0.25) is 0 Å². The van der Waals surface area contributed by atoms with Crippen LogP contribution in [0, 0.1) is 5.21 Å². The van der Waals surface area contributed by atoms with Gasteiger partial charge in [0.15, 0.2) is 5.52 Å². The van der Waals surface area contributed by atoms with Crippen molar-refractivity contribution in [2.45, 2.75) is 26.2 Å². The standard InChI is InChI=1S/C17H17N2O2/c1-17(2,3)13-10-8-12(9-11-13)16-18(20)14-6-4-5-7-15(14)19(16)21/h4-11H,1-3H3. The molecule has 1 heterocycles. The molecule has 0 spiro atoms. The third-order valence-electron chi connectivity index (χ3n) is 3.71. The number of fused-ring (bicyclic) bond motifs is 1. The van der Waals surface area contributed by atoms with E-state index in [9.17, 15) is 10.4 Å². The summed E-state index contributed by atoms with van der Waals surface area (Å²) < 4.78 is 1.41. The first kappa shape index (κ1) is 13.5. The predicted molar refractivity (Wildman–Crippen MR) is 81.1 cm³/mol. The van der Waals surface area contributed by atoms with Gasteiger partial charge >= 0.3 is 5.82 Å². The van der Waals surface area contributed by atoms with Crippen LogP contribution in [-0.2, 0) is 10.6 Å². The molecule has 3 rings (SSSR count). The highest BCUT2D eigenvalue weighted by atomic mass is 16.5. The Labute approximate surface area is 123 Å². The molecule has 3 aromatic rings. The average Bonchev–Trinajstić information content (AvgIpc) is 2.71. The fraction of sp³-hybridized carbons (Fsp3) is 0.235. The number of para-hydroxylation sites is 2. The van der Waals surface area contributed by atoms with Crippen molar-refractivity contribution in [3.8, 4) is 11.4 Å². The number of nitrogens with zero attached hydrogens (tertiary/aromatic N) is 2. The molecular weight excluding hydrogens is 264 g/mol. The maximum Gasteiger partial charge on any atom is 0.337 e. The van der Waals surface area contributed by atoms with Gasteiger partial charge in [-0.05, 0) is 35.2 Å². The van der Waals surface area contributed by atoms with E-state index in [2.05, 4.69) is 20.8 Å². The first-order valence-electron chi connectivity index (χ1n) is 6.91. The van der Waals surface area contributed by atoms with E-state index < -0.39 is 0 Å². The highest BCUT2D eigenvalue weighted by molar-refractivity contribution is 5.75. The Balaban J connectivity index is 2.17. The lowest BCUT2D eigenvalue weighted by molar-refractivity contribution is -0.567. The van der Waals surface area contributed by atoms with E-state index in [1.807, 2.05) is 24.3 Å². The Morgan fingerprint density at radius 1 is 1.00 bits per heavy atom. The van der Waals surface area contributed by atoms with E-state index in [-0.39, 0.29) is 11.2 Å². The van der Waals surface area contributed by atoms with Crippen LogP contribution in [0.25, 0.3) is 22.4 Å². The van der Waals surface area contributed by atoms with Crippen molar-refractivity contribution in [2.75, 3.05) is 0 Å². The second-order valence-electron chi connectivity index (χ2n) is 6.23. The smallest absolute Gasteiger partial charge is 0.337 e. The molecule has 1 aromatic heterocycles.